The molecule has 1 N–H and O–H groups in total. The van der Waals surface area contributed by atoms with Crippen LogP contribution < -0.4 is 5.32 Å². The van der Waals surface area contributed by atoms with Crippen LogP contribution in [0.15, 0.2) is 0 Å². The van der Waals surface area contributed by atoms with Crippen LogP contribution in [0.2, 0.25) is 0 Å². The molecule has 1 saturated heterocycles. The molecule has 0 amide bonds. The number of likely N-dealkylation sites (N-methyl/N-ethyl adjacent to an activating group) is 1. The van der Waals surface area contributed by atoms with E-state index in [1.165, 1.54) is 32.2 Å². The molecule has 1 aliphatic heterocycles. The van der Waals surface area contributed by atoms with Crippen molar-refractivity contribution < 1.29 is 4.74 Å². The Bertz CT molecular complexity index is 147. The molecule has 0 saturated carbocycles. The minimum Gasteiger partial charge on any atom is -0.377 e. The Labute approximate surface area is 94.2 Å². The average molecular weight is 214 g/mol. The van der Waals surface area contributed by atoms with Gasteiger partial charge in [-0.2, -0.15) is 0 Å². The van der Waals surface area contributed by atoms with Gasteiger partial charge >= 0.3 is 0 Å². The Kier molecular flexibility index (Phi) is 6.98. The van der Waals surface area contributed by atoms with Crippen LogP contribution in [-0.2, 0) is 4.74 Å². The smallest absolute Gasteiger partial charge is 0.0600 e. The summed E-state index contributed by atoms with van der Waals surface area (Å²) in [7, 11) is 2.18. The van der Waals surface area contributed by atoms with Crippen molar-refractivity contribution in [3.05, 3.63) is 0 Å². The summed E-state index contributed by atoms with van der Waals surface area (Å²) in [4.78, 5) is 2.37. The molecule has 0 aromatic carbocycles. The zero-order valence-corrected chi connectivity index (χ0v) is 10.3. The van der Waals surface area contributed by atoms with Gasteiger partial charge in [-0.05, 0) is 45.9 Å². The molecule has 3 nitrogen and oxygen atoms in total. The van der Waals surface area contributed by atoms with Crippen molar-refractivity contribution in [1.82, 2.24) is 10.2 Å². The van der Waals surface area contributed by atoms with Crippen molar-refractivity contribution in [3.8, 4) is 0 Å². The SMILES string of the molecule is CCCCN(C)CCOC1CCNCC1. The summed E-state index contributed by atoms with van der Waals surface area (Å²) in [6.07, 6.45) is 5.44. The summed E-state index contributed by atoms with van der Waals surface area (Å²) in [6, 6.07) is 0. The highest BCUT2D eigenvalue weighted by Crippen LogP contribution is 2.06. The van der Waals surface area contributed by atoms with Crippen LogP contribution in [0.5, 0.6) is 0 Å². The molecule has 0 aromatic rings. The van der Waals surface area contributed by atoms with E-state index in [-0.39, 0.29) is 0 Å². The minimum atomic E-state index is 0.505. The molecule has 90 valence electrons. The van der Waals surface area contributed by atoms with Crippen molar-refractivity contribution in [3.63, 3.8) is 0 Å². The van der Waals surface area contributed by atoms with Gasteiger partial charge in [0.1, 0.15) is 0 Å². The fraction of sp³-hybridized carbons (Fsp3) is 1.00. The van der Waals surface area contributed by atoms with Gasteiger partial charge in [-0.25, -0.2) is 0 Å². The monoisotopic (exact) mass is 214 g/mol. The van der Waals surface area contributed by atoms with E-state index in [0.29, 0.717) is 6.10 Å². The van der Waals surface area contributed by atoms with E-state index in [1.807, 2.05) is 0 Å². The van der Waals surface area contributed by atoms with Crippen LogP contribution in [0.1, 0.15) is 32.6 Å². The summed E-state index contributed by atoms with van der Waals surface area (Å²) in [5, 5.41) is 3.35. The molecule has 1 heterocycles. The molecule has 0 atom stereocenters. The maximum absolute atomic E-state index is 5.85. The minimum absolute atomic E-state index is 0.505. The predicted molar refractivity (Wildman–Crippen MR) is 64.2 cm³/mol. The third-order valence-electron chi connectivity index (χ3n) is 3.01. The van der Waals surface area contributed by atoms with Gasteiger partial charge in [0.15, 0.2) is 0 Å². The molecule has 0 aliphatic carbocycles. The largest absolute Gasteiger partial charge is 0.377 e. The van der Waals surface area contributed by atoms with Gasteiger partial charge < -0.3 is 15.0 Å². The van der Waals surface area contributed by atoms with Gasteiger partial charge in [0, 0.05) is 6.54 Å². The molecule has 0 radical (unpaired) electrons. The first-order valence-electron chi connectivity index (χ1n) is 6.33. The molecule has 3 heteroatoms. The lowest BCUT2D eigenvalue weighted by molar-refractivity contribution is 0.0231. The van der Waals surface area contributed by atoms with Crippen LogP contribution in [-0.4, -0.2) is 50.8 Å². The number of hydrogen-bond donors (Lipinski definition) is 1. The number of unbranched alkanes of at least 4 members (excludes halogenated alkanes) is 1. The average Bonchev–Trinajstić information content (AvgIpc) is 2.28. The van der Waals surface area contributed by atoms with E-state index in [2.05, 4.69) is 24.2 Å². The lowest BCUT2D eigenvalue weighted by Gasteiger charge is -2.24. The van der Waals surface area contributed by atoms with Crippen LogP contribution in [0, 0.1) is 0 Å². The van der Waals surface area contributed by atoms with Crippen molar-refractivity contribution in [2.24, 2.45) is 0 Å². The molecule has 0 aromatic heterocycles. The fourth-order valence-corrected chi connectivity index (χ4v) is 1.88. The van der Waals surface area contributed by atoms with Gasteiger partial charge in [-0.3, -0.25) is 0 Å². The zero-order chi connectivity index (χ0) is 10.9. The quantitative estimate of drug-likeness (QED) is 0.695. The van der Waals surface area contributed by atoms with Gasteiger partial charge in [0.25, 0.3) is 0 Å². The number of ether oxygens (including phenoxy) is 1. The Morgan fingerprint density at radius 3 is 2.67 bits per heavy atom. The van der Waals surface area contributed by atoms with E-state index >= 15 is 0 Å². The topological polar surface area (TPSA) is 24.5 Å². The lowest BCUT2D eigenvalue weighted by atomic mass is 10.1. The van der Waals surface area contributed by atoms with Crippen molar-refractivity contribution in [2.45, 2.75) is 38.7 Å². The molecule has 15 heavy (non-hydrogen) atoms. The number of piperidine rings is 1. The zero-order valence-electron chi connectivity index (χ0n) is 10.3. The summed E-state index contributed by atoms with van der Waals surface area (Å²) < 4.78 is 5.85. The normalized spacial score (nSPS) is 18.6. The highest BCUT2D eigenvalue weighted by Gasteiger charge is 2.12. The van der Waals surface area contributed by atoms with Crippen LogP contribution in [0.4, 0.5) is 0 Å². The van der Waals surface area contributed by atoms with Gasteiger partial charge in [-0.15, -0.1) is 0 Å². The molecular formula is C12H26N2O. The first-order valence-corrected chi connectivity index (χ1v) is 6.33. The summed E-state index contributed by atoms with van der Waals surface area (Å²) >= 11 is 0. The first kappa shape index (κ1) is 12.9. The molecular weight excluding hydrogens is 188 g/mol. The third kappa shape index (κ3) is 6.13. The Balaban J connectivity index is 1.94. The van der Waals surface area contributed by atoms with E-state index in [9.17, 15) is 0 Å². The Morgan fingerprint density at radius 2 is 2.00 bits per heavy atom. The van der Waals surface area contributed by atoms with Gasteiger partial charge in [-0.1, -0.05) is 13.3 Å². The summed E-state index contributed by atoms with van der Waals surface area (Å²) in [5.74, 6) is 0. The second kappa shape index (κ2) is 8.08. The van der Waals surface area contributed by atoms with E-state index in [4.69, 9.17) is 4.74 Å². The number of nitrogens with zero attached hydrogens (tertiary/aromatic N) is 1. The van der Waals surface area contributed by atoms with E-state index in [1.54, 1.807) is 0 Å². The first-order chi connectivity index (χ1) is 7.33. The standard InChI is InChI=1S/C12H26N2O/c1-3-4-9-14(2)10-11-15-12-5-7-13-8-6-12/h12-13H,3-11H2,1-2H3. The third-order valence-corrected chi connectivity index (χ3v) is 3.01. The second-order valence-corrected chi connectivity index (χ2v) is 4.48. The van der Waals surface area contributed by atoms with Crippen LogP contribution >= 0.6 is 0 Å². The summed E-state index contributed by atoms with van der Waals surface area (Å²) in [5.41, 5.74) is 0. The Hall–Kier alpha value is -0.120. The summed E-state index contributed by atoms with van der Waals surface area (Å²) in [6.45, 7) is 7.65. The van der Waals surface area contributed by atoms with Crippen molar-refractivity contribution in [1.29, 1.82) is 0 Å². The molecule has 0 bridgehead atoms. The van der Waals surface area contributed by atoms with E-state index in [0.717, 1.165) is 26.2 Å². The molecule has 1 fully saturated rings. The van der Waals surface area contributed by atoms with Crippen LogP contribution in [0.3, 0.4) is 0 Å². The number of hydrogen-bond acceptors (Lipinski definition) is 3. The van der Waals surface area contributed by atoms with Gasteiger partial charge in [0.05, 0.1) is 12.7 Å². The highest BCUT2D eigenvalue weighted by molar-refractivity contribution is 4.68. The van der Waals surface area contributed by atoms with Crippen molar-refractivity contribution >= 4 is 0 Å². The van der Waals surface area contributed by atoms with Gasteiger partial charge in [0.2, 0.25) is 0 Å². The Morgan fingerprint density at radius 1 is 1.27 bits per heavy atom. The lowest BCUT2D eigenvalue weighted by Crippen LogP contribution is -2.34. The van der Waals surface area contributed by atoms with Crippen LogP contribution in [0.25, 0.3) is 0 Å². The number of rotatable bonds is 7. The molecule has 0 spiro atoms. The predicted octanol–water partition coefficient (Wildman–Crippen LogP) is 1.49. The highest BCUT2D eigenvalue weighted by atomic mass is 16.5. The van der Waals surface area contributed by atoms with E-state index < -0.39 is 0 Å². The molecule has 1 rings (SSSR count). The maximum Gasteiger partial charge on any atom is 0.0600 e. The number of nitrogens with one attached hydrogen (secondary N) is 1. The molecule has 0 unspecified atom stereocenters. The second-order valence-electron chi connectivity index (χ2n) is 4.48. The molecule has 1 aliphatic rings. The van der Waals surface area contributed by atoms with Crippen molar-refractivity contribution in [2.75, 3.05) is 39.8 Å². The maximum atomic E-state index is 5.85. The fourth-order valence-electron chi connectivity index (χ4n) is 1.88.